The van der Waals surface area contributed by atoms with E-state index in [9.17, 15) is 29.4 Å². The van der Waals surface area contributed by atoms with E-state index in [1.807, 2.05) is 0 Å². The van der Waals surface area contributed by atoms with Crippen LogP contribution in [0, 0.1) is 6.92 Å². The van der Waals surface area contributed by atoms with Gasteiger partial charge in [0.2, 0.25) is 0 Å². The van der Waals surface area contributed by atoms with Crippen molar-refractivity contribution in [3.8, 4) is 11.5 Å². The molecule has 0 fully saturated rings. The molecule has 1 aromatic rings. The van der Waals surface area contributed by atoms with Gasteiger partial charge in [-0.25, -0.2) is 0 Å². The summed E-state index contributed by atoms with van der Waals surface area (Å²) in [5.74, 6) is -4.22. The maximum Gasteiger partial charge on any atom is 0.310 e. The lowest BCUT2D eigenvalue weighted by Crippen LogP contribution is -2.15. The van der Waals surface area contributed by atoms with Crippen LogP contribution in [0.15, 0.2) is 12.1 Å². The first-order chi connectivity index (χ1) is 9.70. The SMILES string of the molecule is Cc1cc(O)cc(O)c1C(=O)CC(=O)CC(=O)CC(=O)O. The van der Waals surface area contributed by atoms with Crippen LogP contribution < -0.4 is 0 Å². The standard InChI is InChI=1S/C14H14O7/c1-7-2-8(15)4-11(18)14(7)12(19)5-9(16)3-10(17)6-13(20)21/h2,4,15,18H,3,5-6H2,1H3,(H,20,21). The van der Waals surface area contributed by atoms with Crippen LogP contribution in [0.3, 0.4) is 0 Å². The molecule has 7 heteroatoms. The Bertz CT molecular complexity index is 593. The fourth-order valence-corrected chi connectivity index (χ4v) is 1.89. The quantitative estimate of drug-likeness (QED) is 0.505. The number of rotatable bonds is 7. The van der Waals surface area contributed by atoms with Gasteiger partial charge in [-0.1, -0.05) is 0 Å². The Morgan fingerprint density at radius 3 is 2.05 bits per heavy atom. The molecule has 0 aliphatic heterocycles. The largest absolute Gasteiger partial charge is 0.508 e. The summed E-state index contributed by atoms with van der Waals surface area (Å²) < 4.78 is 0. The second-order valence-electron chi connectivity index (χ2n) is 4.58. The molecule has 0 saturated carbocycles. The van der Waals surface area contributed by atoms with Gasteiger partial charge in [0.15, 0.2) is 11.6 Å². The normalized spacial score (nSPS) is 10.1. The lowest BCUT2D eigenvalue weighted by atomic mass is 9.98. The van der Waals surface area contributed by atoms with E-state index >= 15 is 0 Å². The van der Waals surface area contributed by atoms with E-state index in [0.717, 1.165) is 6.07 Å². The zero-order valence-electron chi connectivity index (χ0n) is 11.3. The molecule has 0 saturated heterocycles. The first kappa shape index (κ1) is 16.4. The Balaban J connectivity index is 2.76. The number of aromatic hydroxyl groups is 2. The Hall–Kier alpha value is -2.70. The van der Waals surface area contributed by atoms with Crippen LogP contribution in [-0.2, 0) is 14.4 Å². The number of carboxylic acid groups (broad SMARTS) is 1. The molecule has 0 spiro atoms. The Morgan fingerprint density at radius 1 is 0.952 bits per heavy atom. The van der Waals surface area contributed by atoms with Crippen molar-refractivity contribution in [3.05, 3.63) is 23.3 Å². The molecule has 3 N–H and O–H groups in total. The van der Waals surface area contributed by atoms with Crippen LogP contribution in [0.5, 0.6) is 11.5 Å². The van der Waals surface area contributed by atoms with Crippen LogP contribution >= 0.6 is 0 Å². The highest BCUT2D eigenvalue weighted by Gasteiger charge is 2.20. The maximum atomic E-state index is 11.9. The number of carbonyl (C=O) groups excluding carboxylic acids is 3. The average molecular weight is 294 g/mol. The summed E-state index contributed by atoms with van der Waals surface area (Å²) in [7, 11) is 0. The highest BCUT2D eigenvalue weighted by Crippen LogP contribution is 2.27. The van der Waals surface area contributed by atoms with Crippen molar-refractivity contribution in [1.29, 1.82) is 0 Å². The zero-order valence-corrected chi connectivity index (χ0v) is 11.3. The number of phenols is 2. The summed E-state index contributed by atoms with van der Waals surface area (Å²) in [4.78, 5) is 44.9. The summed E-state index contributed by atoms with van der Waals surface area (Å²) in [6, 6.07) is 2.23. The van der Waals surface area contributed by atoms with Gasteiger partial charge in [0.05, 0.1) is 18.4 Å². The topological polar surface area (TPSA) is 129 Å². The van der Waals surface area contributed by atoms with Gasteiger partial charge >= 0.3 is 5.97 Å². The summed E-state index contributed by atoms with van der Waals surface area (Å²) in [5, 5.41) is 27.3. The molecule has 0 aliphatic rings. The third-order valence-electron chi connectivity index (χ3n) is 2.68. The molecular formula is C14H14O7. The van der Waals surface area contributed by atoms with Crippen LogP contribution in [0.2, 0.25) is 0 Å². The van der Waals surface area contributed by atoms with Crippen LogP contribution in [0.4, 0.5) is 0 Å². The fraction of sp³-hybridized carbons (Fsp3) is 0.286. The Labute approximate surface area is 119 Å². The van der Waals surface area contributed by atoms with Gasteiger partial charge in [0.25, 0.3) is 0 Å². The van der Waals surface area contributed by atoms with Gasteiger partial charge in [0.1, 0.15) is 23.7 Å². The molecule has 0 aliphatic carbocycles. The van der Waals surface area contributed by atoms with Crippen molar-refractivity contribution in [2.45, 2.75) is 26.2 Å². The number of benzene rings is 1. The van der Waals surface area contributed by atoms with E-state index in [-0.39, 0.29) is 11.3 Å². The number of ketones is 3. The van der Waals surface area contributed by atoms with Gasteiger partial charge in [0, 0.05) is 6.07 Å². The number of aryl methyl sites for hydroxylation is 1. The van der Waals surface area contributed by atoms with Crippen LogP contribution in [0.25, 0.3) is 0 Å². The molecule has 1 rings (SSSR count). The summed E-state index contributed by atoms with van der Waals surface area (Å²) in [6.07, 6.45) is -2.04. The van der Waals surface area contributed by atoms with E-state index in [2.05, 4.69) is 0 Å². The predicted molar refractivity (Wildman–Crippen MR) is 70.3 cm³/mol. The average Bonchev–Trinajstić information content (AvgIpc) is 2.24. The first-order valence-corrected chi connectivity index (χ1v) is 6.01. The highest BCUT2D eigenvalue weighted by molar-refractivity contribution is 6.15. The third-order valence-corrected chi connectivity index (χ3v) is 2.68. The van der Waals surface area contributed by atoms with Crippen molar-refractivity contribution in [1.82, 2.24) is 0 Å². The molecule has 21 heavy (non-hydrogen) atoms. The number of hydrogen-bond donors (Lipinski definition) is 3. The summed E-state index contributed by atoms with van der Waals surface area (Å²) in [6.45, 7) is 1.48. The molecule has 0 heterocycles. The maximum absolute atomic E-state index is 11.9. The van der Waals surface area contributed by atoms with Crippen LogP contribution in [-0.4, -0.2) is 38.6 Å². The van der Waals surface area contributed by atoms with E-state index in [1.165, 1.54) is 13.0 Å². The third kappa shape index (κ3) is 4.72. The van der Waals surface area contributed by atoms with E-state index in [0.29, 0.717) is 5.56 Å². The molecule has 1 aromatic carbocycles. The van der Waals surface area contributed by atoms with Gasteiger partial charge in [-0.05, 0) is 18.6 Å². The van der Waals surface area contributed by atoms with Crippen molar-refractivity contribution in [2.24, 2.45) is 0 Å². The number of aliphatic carboxylic acids is 1. The molecular weight excluding hydrogens is 280 g/mol. The lowest BCUT2D eigenvalue weighted by Gasteiger charge is -2.07. The second kappa shape index (κ2) is 6.65. The van der Waals surface area contributed by atoms with E-state index in [4.69, 9.17) is 5.11 Å². The number of hydrogen-bond acceptors (Lipinski definition) is 6. The molecule has 0 unspecified atom stereocenters. The number of carboxylic acids is 1. The van der Waals surface area contributed by atoms with Crippen molar-refractivity contribution < 1.29 is 34.5 Å². The molecule has 0 atom stereocenters. The lowest BCUT2D eigenvalue weighted by molar-refractivity contribution is -0.140. The number of phenolic OH excluding ortho intramolecular Hbond substituents is 2. The second-order valence-corrected chi connectivity index (χ2v) is 4.58. The van der Waals surface area contributed by atoms with Gasteiger partial charge in [-0.3, -0.25) is 19.2 Å². The van der Waals surface area contributed by atoms with E-state index in [1.54, 1.807) is 0 Å². The minimum atomic E-state index is -1.34. The van der Waals surface area contributed by atoms with Crippen molar-refractivity contribution >= 4 is 23.3 Å². The number of carbonyl (C=O) groups is 4. The van der Waals surface area contributed by atoms with Crippen LogP contribution in [0.1, 0.15) is 35.2 Å². The predicted octanol–water partition coefficient (Wildman–Crippen LogP) is 0.982. The number of Topliss-reactive ketones (excluding diaryl/α,β-unsaturated/α-hetero) is 3. The van der Waals surface area contributed by atoms with E-state index < -0.39 is 48.3 Å². The minimum Gasteiger partial charge on any atom is -0.508 e. The molecule has 7 nitrogen and oxygen atoms in total. The fourth-order valence-electron chi connectivity index (χ4n) is 1.89. The monoisotopic (exact) mass is 294 g/mol. The van der Waals surface area contributed by atoms with Crippen molar-refractivity contribution in [2.75, 3.05) is 0 Å². The summed E-state index contributed by atoms with van der Waals surface area (Å²) >= 11 is 0. The van der Waals surface area contributed by atoms with Gasteiger partial charge in [-0.2, -0.15) is 0 Å². The Kier molecular flexibility index (Phi) is 5.18. The highest BCUT2D eigenvalue weighted by atomic mass is 16.4. The zero-order chi connectivity index (χ0) is 16.2. The molecule has 0 bridgehead atoms. The smallest absolute Gasteiger partial charge is 0.310 e. The minimum absolute atomic E-state index is 0.105. The first-order valence-electron chi connectivity index (χ1n) is 6.01. The van der Waals surface area contributed by atoms with Gasteiger partial charge in [-0.15, -0.1) is 0 Å². The van der Waals surface area contributed by atoms with Crippen molar-refractivity contribution in [3.63, 3.8) is 0 Å². The molecule has 0 radical (unpaired) electrons. The molecule has 0 aromatic heterocycles. The molecule has 0 amide bonds. The Morgan fingerprint density at radius 2 is 1.52 bits per heavy atom. The summed E-state index contributed by atoms with van der Waals surface area (Å²) in [5.41, 5.74) is 0.189. The van der Waals surface area contributed by atoms with Gasteiger partial charge < -0.3 is 15.3 Å². The molecule has 112 valence electrons.